The number of carbonyl (C=O) groups is 1. The fourth-order valence-corrected chi connectivity index (χ4v) is 5.46. The SMILES string of the molecule is CC1CCCCN1CCOc1ccc(NC(=O)C2(c3ccc(Cl)cc3Cl)CCOCC2)cc1. The summed E-state index contributed by atoms with van der Waals surface area (Å²) < 4.78 is 11.5. The fourth-order valence-electron chi connectivity index (χ4n) is 4.87. The largest absolute Gasteiger partial charge is 0.492 e. The van der Waals surface area contributed by atoms with Gasteiger partial charge in [-0.2, -0.15) is 0 Å². The van der Waals surface area contributed by atoms with Gasteiger partial charge in [-0.05, 0) is 81.1 Å². The minimum absolute atomic E-state index is 0.0808. The van der Waals surface area contributed by atoms with Gasteiger partial charge in [-0.25, -0.2) is 0 Å². The second kappa shape index (κ2) is 11.1. The van der Waals surface area contributed by atoms with Crippen LogP contribution in [0, 0.1) is 0 Å². The summed E-state index contributed by atoms with van der Waals surface area (Å²) in [4.78, 5) is 16.0. The zero-order chi connectivity index (χ0) is 23.3. The molecule has 0 aromatic heterocycles. The Balaban J connectivity index is 1.39. The van der Waals surface area contributed by atoms with Gasteiger partial charge in [0.15, 0.2) is 0 Å². The van der Waals surface area contributed by atoms with Gasteiger partial charge in [0.1, 0.15) is 12.4 Å². The molecular formula is C26H32Cl2N2O3. The van der Waals surface area contributed by atoms with Crippen LogP contribution in [0.1, 0.15) is 44.6 Å². The van der Waals surface area contributed by atoms with Crippen molar-refractivity contribution >= 4 is 34.8 Å². The highest BCUT2D eigenvalue weighted by Crippen LogP contribution is 2.40. The predicted octanol–water partition coefficient (Wildman–Crippen LogP) is 5.93. The number of piperidine rings is 1. The second-order valence-corrected chi connectivity index (χ2v) is 9.87. The molecule has 0 radical (unpaired) electrons. The average Bonchev–Trinajstić information content (AvgIpc) is 2.82. The molecule has 2 aliphatic rings. The van der Waals surface area contributed by atoms with Crippen LogP contribution in [0.15, 0.2) is 42.5 Å². The first-order valence-corrected chi connectivity index (χ1v) is 12.6. The highest BCUT2D eigenvalue weighted by molar-refractivity contribution is 6.35. The number of likely N-dealkylation sites (tertiary alicyclic amines) is 1. The van der Waals surface area contributed by atoms with Gasteiger partial charge in [0.05, 0.1) is 5.41 Å². The van der Waals surface area contributed by atoms with Gasteiger partial charge >= 0.3 is 0 Å². The predicted molar refractivity (Wildman–Crippen MR) is 134 cm³/mol. The van der Waals surface area contributed by atoms with Crippen LogP contribution in [0.5, 0.6) is 5.75 Å². The number of nitrogens with zero attached hydrogens (tertiary/aromatic N) is 1. The molecule has 178 valence electrons. The lowest BCUT2D eigenvalue weighted by atomic mass is 9.73. The number of hydrogen-bond donors (Lipinski definition) is 1. The lowest BCUT2D eigenvalue weighted by molar-refractivity contribution is -0.125. The second-order valence-electron chi connectivity index (χ2n) is 9.03. The molecule has 2 aromatic rings. The van der Waals surface area contributed by atoms with Crippen molar-refractivity contribution in [2.45, 2.75) is 50.5 Å². The molecule has 2 aromatic carbocycles. The summed E-state index contributed by atoms with van der Waals surface area (Å²) in [6.07, 6.45) is 4.99. The zero-order valence-corrected chi connectivity index (χ0v) is 20.6. The van der Waals surface area contributed by atoms with Gasteiger partial charge in [0.2, 0.25) is 5.91 Å². The quantitative estimate of drug-likeness (QED) is 0.522. The molecule has 1 amide bonds. The summed E-state index contributed by atoms with van der Waals surface area (Å²) in [5.74, 6) is 0.724. The molecule has 1 unspecified atom stereocenters. The summed E-state index contributed by atoms with van der Waals surface area (Å²) >= 11 is 12.6. The molecule has 4 rings (SSSR count). The number of halogens is 2. The summed E-state index contributed by atoms with van der Waals surface area (Å²) in [6, 6.07) is 13.5. The third-order valence-corrected chi connectivity index (χ3v) is 7.48. The Morgan fingerprint density at radius 2 is 1.91 bits per heavy atom. The molecule has 2 saturated heterocycles. The minimum atomic E-state index is -0.750. The van der Waals surface area contributed by atoms with Crippen LogP contribution in [-0.4, -0.2) is 49.8 Å². The first-order chi connectivity index (χ1) is 16.0. The topological polar surface area (TPSA) is 50.8 Å². The van der Waals surface area contributed by atoms with E-state index in [1.54, 1.807) is 12.1 Å². The van der Waals surface area contributed by atoms with Gasteiger partial charge in [0.25, 0.3) is 0 Å². The Bertz CT molecular complexity index is 945. The van der Waals surface area contributed by atoms with Crippen LogP contribution in [0.3, 0.4) is 0 Å². The number of amides is 1. The molecular weight excluding hydrogens is 459 g/mol. The third-order valence-electron chi connectivity index (χ3n) is 6.93. The van der Waals surface area contributed by atoms with Crippen molar-refractivity contribution in [3.8, 4) is 5.75 Å². The van der Waals surface area contributed by atoms with Crippen molar-refractivity contribution in [1.29, 1.82) is 0 Å². The van der Waals surface area contributed by atoms with Crippen LogP contribution in [0.2, 0.25) is 10.0 Å². The Morgan fingerprint density at radius 3 is 2.61 bits per heavy atom. The third kappa shape index (κ3) is 5.83. The van der Waals surface area contributed by atoms with E-state index in [0.29, 0.717) is 48.7 Å². The highest BCUT2D eigenvalue weighted by atomic mass is 35.5. The van der Waals surface area contributed by atoms with E-state index in [2.05, 4.69) is 17.1 Å². The molecule has 0 spiro atoms. The highest BCUT2D eigenvalue weighted by Gasteiger charge is 2.43. The van der Waals surface area contributed by atoms with E-state index in [1.807, 2.05) is 30.3 Å². The van der Waals surface area contributed by atoms with E-state index in [1.165, 1.54) is 19.3 Å². The molecule has 33 heavy (non-hydrogen) atoms. The van der Waals surface area contributed by atoms with Crippen LogP contribution in [0.4, 0.5) is 5.69 Å². The molecule has 0 bridgehead atoms. The smallest absolute Gasteiger partial charge is 0.235 e. The number of anilines is 1. The van der Waals surface area contributed by atoms with E-state index in [0.717, 1.165) is 30.1 Å². The first-order valence-electron chi connectivity index (χ1n) is 11.8. The number of benzene rings is 2. The monoisotopic (exact) mass is 490 g/mol. The van der Waals surface area contributed by atoms with Crippen molar-refractivity contribution in [3.05, 3.63) is 58.1 Å². The Morgan fingerprint density at radius 1 is 1.15 bits per heavy atom. The van der Waals surface area contributed by atoms with Crippen molar-refractivity contribution < 1.29 is 14.3 Å². The van der Waals surface area contributed by atoms with Gasteiger partial charge in [-0.15, -0.1) is 0 Å². The number of carbonyl (C=O) groups excluding carboxylic acids is 1. The normalized spacial score (nSPS) is 20.9. The van der Waals surface area contributed by atoms with Crippen molar-refractivity contribution in [3.63, 3.8) is 0 Å². The molecule has 7 heteroatoms. The number of ether oxygens (including phenoxy) is 2. The van der Waals surface area contributed by atoms with Crippen LogP contribution < -0.4 is 10.1 Å². The van der Waals surface area contributed by atoms with Crippen LogP contribution >= 0.6 is 23.2 Å². The molecule has 1 N–H and O–H groups in total. The average molecular weight is 491 g/mol. The molecule has 1 atom stereocenters. The number of hydrogen-bond acceptors (Lipinski definition) is 4. The summed E-state index contributed by atoms with van der Waals surface area (Å²) in [6.45, 7) is 6.06. The van der Waals surface area contributed by atoms with E-state index in [-0.39, 0.29) is 5.91 Å². The van der Waals surface area contributed by atoms with E-state index in [9.17, 15) is 4.79 Å². The standard InChI is InChI=1S/C26H32Cl2N2O3/c1-19-4-2-3-13-30(19)14-17-33-22-8-6-21(7-9-22)29-25(31)26(11-15-32-16-12-26)23-10-5-20(27)18-24(23)28/h5-10,18-19H,2-4,11-17H2,1H3,(H,29,31). The molecule has 5 nitrogen and oxygen atoms in total. The van der Waals surface area contributed by atoms with E-state index >= 15 is 0 Å². The molecule has 2 fully saturated rings. The van der Waals surface area contributed by atoms with Crippen LogP contribution in [0.25, 0.3) is 0 Å². The Kier molecular flexibility index (Phi) is 8.18. The molecule has 0 aliphatic carbocycles. The van der Waals surface area contributed by atoms with Crippen molar-refractivity contribution in [1.82, 2.24) is 4.90 Å². The molecule has 2 aliphatic heterocycles. The van der Waals surface area contributed by atoms with Gasteiger partial charge in [0, 0.05) is 41.5 Å². The minimum Gasteiger partial charge on any atom is -0.492 e. The van der Waals surface area contributed by atoms with Gasteiger partial charge < -0.3 is 14.8 Å². The van der Waals surface area contributed by atoms with Gasteiger partial charge in [-0.1, -0.05) is 35.7 Å². The summed E-state index contributed by atoms with van der Waals surface area (Å²) in [7, 11) is 0. The lowest BCUT2D eigenvalue weighted by Gasteiger charge is -2.36. The Hall–Kier alpha value is -1.79. The summed E-state index contributed by atoms with van der Waals surface area (Å²) in [5, 5.41) is 4.14. The van der Waals surface area contributed by atoms with E-state index in [4.69, 9.17) is 32.7 Å². The lowest BCUT2D eigenvalue weighted by Crippen LogP contribution is -2.45. The van der Waals surface area contributed by atoms with Crippen LogP contribution in [-0.2, 0) is 14.9 Å². The van der Waals surface area contributed by atoms with Crippen molar-refractivity contribution in [2.75, 3.05) is 38.2 Å². The maximum Gasteiger partial charge on any atom is 0.235 e. The maximum absolute atomic E-state index is 13.5. The number of nitrogens with one attached hydrogen (secondary N) is 1. The zero-order valence-electron chi connectivity index (χ0n) is 19.1. The first kappa shape index (κ1) is 24.3. The maximum atomic E-state index is 13.5. The number of rotatable bonds is 7. The van der Waals surface area contributed by atoms with Crippen molar-refractivity contribution in [2.24, 2.45) is 0 Å². The molecule has 0 saturated carbocycles. The summed E-state index contributed by atoms with van der Waals surface area (Å²) in [5.41, 5.74) is 0.773. The molecule has 2 heterocycles. The van der Waals surface area contributed by atoms with E-state index < -0.39 is 5.41 Å². The van der Waals surface area contributed by atoms with Gasteiger partial charge in [-0.3, -0.25) is 9.69 Å². The fraction of sp³-hybridized carbons (Fsp3) is 0.500. The Labute approximate surface area is 206 Å².